The maximum atomic E-state index is 13.8. The molecule has 0 amide bonds. The van der Waals surface area contributed by atoms with Gasteiger partial charge in [-0.2, -0.15) is 0 Å². The molecule has 0 spiro atoms. The van der Waals surface area contributed by atoms with Crippen molar-refractivity contribution >= 4 is 10.0 Å². The van der Waals surface area contributed by atoms with Crippen LogP contribution in [0.25, 0.3) is 0 Å². The number of rotatable bonds is 6. The van der Waals surface area contributed by atoms with Crippen LogP contribution >= 0.6 is 0 Å². The summed E-state index contributed by atoms with van der Waals surface area (Å²) >= 11 is 0. The molecule has 25 heavy (non-hydrogen) atoms. The van der Waals surface area contributed by atoms with Crippen molar-refractivity contribution in [1.82, 2.24) is 9.62 Å². The maximum Gasteiger partial charge on any atom is 0.243 e. The molecule has 0 unspecified atom stereocenters. The van der Waals surface area contributed by atoms with Gasteiger partial charge in [0.15, 0.2) is 0 Å². The molecule has 1 N–H and O–H groups in total. The van der Waals surface area contributed by atoms with Crippen molar-refractivity contribution in [2.45, 2.75) is 31.2 Å². The molecule has 0 atom stereocenters. The zero-order valence-electron chi connectivity index (χ0n) is 14.3. The van der Waals surface area contributed by atoms with Gasteiger partial charge < -0.3 is 0 Å². The lowest BCUT2D eigenvalue weighted by atomic mass is 10.00. The Bertz CT molecular complexity index is 852. The minimum Gasteiger partial charge on any atom is -0.299 e. The van der Waals surface area contributed by atoms with Crippen molar-refractivity contribution in [3.05, 3.63) is 65.0 Å². The highest BCUT2D eigenvalue weighted by Crippen LogP contribution is 2.19. The van der Waals surface area contributed by atoms with Crippen LogP contribution in [0.1, 0.15) is 23.1 Å². The molecule has 1 aliphatic heterocycles. The van der Waals surface area contributed by atoms with Crippen LogP contribution in [0.5, 0.6) is 0 Å². The van der Waals surface area contributed by atoms with Gasteiger partial charge in [0, 0.05) is 19.6 Å². The average molecular weight is 362 g/mol. The summed E-state index contributed by atoms with van der Waals surface area (Å²) in [5.41, 5.74) is 3.46. The Morgan fingerprint density at radius 3 is 2.72 bits per heavy atom. The first-order valence-corrected chi connectivity index (χ1v) is 9.99. The highest BCUT2D eigenvalue weighted by Gasteiger charge is 2.19. The molecule has 0 fully saturated rings. The molecule has 2 aromatic rings. The Labute approximate surface area is 148 Å². The van der Waals surface area contributed by atoms with Crippen molar-refractivity contribution in [3.8, 4) is 0 Å². The monoisotopic (exact) mass is 362 g/mol. The molecule has 3 rings (SSSR count). The van der Waals surface area contributed by atoms with E-state index in [0.717, 1.165) is 26.1 Å². The molecule has 0 saturated carbocycles. The number of fused-ring (bicyclic) bond motifs is 1. The zero-order chi connectivity index (χ0) is 17.9. The second-order valence-corrected chi connectivity index (χ2v) is 8.22. The maximum absolute atomic E-state index is 13.8. The summed E-state index contributed by atoms with van der Waals surface area (Å²) in [6, 6.07) is 12.5. The number of sulfonamides is 1. The topological polar surface area (TPSA) is 49.4 Å². The first-order chi connectivity index (χ1) is 12.0. The van der Waals surface area contributed by atoms with Crippen molar-refractivity contribution in [3.63, 3.8) is 0 Å². The fourth-order valence-corrected chi connectivity index (χ4v) is 4.38. The van der Waals surface area contributed by atoms with E-state index in [9.17, 15) is 12.8 Å². The fourth-order valence-electron chi connectivity index (χ4n) is 3.15. The first kappa shape index (κ1) is 18.0. The molecule has 1 aliphatic rings. The fraction of sp³-hybridized carbons (Fsp3) is 0.368. The minimum atomic E-state index is -3.81. The third-order valence-electron chi connectivity index (χ3n) is 4.53. The molecule has 2 aromatic carbocycles. The molecular weight excluding hydrogens is 339 g/mol. The molecule has 0 bridgehead atoms. The average Bonchev–Trinajstić information content (AvgIpc) is 2.60. The van der Waals surface area contributed by atoms with Gasteiger partial charge in [-0.05, 0) is 55.1 Å². The summed E-state index contributed by atoms with van der Waals surface area (Å²) in [7, 11) is -3.81. The molecule has 0 radical (unpaired) electrons. The van der Waals surface area contributed by atoms with Gasteiger partial charge in [-0.3, -0.25) is 4.90 Å². The molecule has 0 saturated heterocycles. The van der Waals surface area contributed by atoms with Crippen molar-refractivity contribution in [2.24, 2.45) is 0 Å². The summed E-state index contributed by atoms with van der Waals surface area (Å²) < 4.78 is 40.8. The van der Waals surface area contributed by atoms with E-state index in [0.29, 0.717) is 18.5 Å². The van der Waals surface area contributed by atoms with E-state index in [4.69, 9.17) is 0 Å². The summed E-state index contributed by atoms with van der Waals surface area (Å²) in [6.45, 7) is 4.74. The van der Waals surface area contributed by atoms with E-state index in [2.05, 4.69) is 27.8 Å². The van der Waals surface area contributed by atoms with Crippen LogP contribution in [0.15, 0.2) is 47.4 Å². The van der Waals surface area contributed by atoms with E-state index in [-0.39, 0.29) is 4.90 Å². The SMILES string of the molecule is Cc1ccc(F)c(S(=O)(=O)NCCCN2CCc3ccccc3C2)c1. The molecule has 1 heterocycles. The first-order valence-electron chi connectivity index (χ1n) is 8.51. The van der Waals surface area contributed by atoms with Gasteiger partial charge in [-0.1, -0.05) is 30.3 Å². The van der Waals surface area contributed by atoms with Crippen LogP contribution in [0.2, 0.25) is 0 Å². The minimum absolute atomic E-state index is 0.278. The highest BCUT2D eigenvalue weighted by molar-refractivity contribution is 7.89. The van der Waals surface area contributed by atoms with Crippen LogP contribution in [0, 0.1) is 12.7 Å². The van der Waals surface area contributed by atoms with Crippen LogP contribution in [0.3, 0.4) is 0 Å². The predicted octanol–water partition coefficient (Wildman–Crippen LogP) is 2.86. The smallest absolute Gasteiger partial charge is 0.243 e. The number of hydrogen-bond acceptors (Lipinski definition) is 3. The number of benzene rings is 2. The lowest BCUT2D eigenvalue weighted by Gasteiger charge is -2.28. The van der Waals surface area contributed by atoms with E-state index in [1.165, 1.54) is 23.3 Å². The molecule has 6 heteroatoms. The second kappa shape index (κ2) is 7.64. The third kappa shape index (κ3) is 4.45. The number of aryl methyl sites for hydroxylation is 1. The van der Waals surface area contributed by atoms with Crippen molar-refractivity contribution in [1.29, 1.82) is 0 Å². The highest BCUT2D eigenvalue weighted by atomic mass is 32.2. The van der Waals surface area contributed by atoms with Crippen LogP contribution < -0.4 is 4.72 Å². The molecule has 4 nitrogen and oxygen atoms in total. The summed E-state index contributed by atoms with van der Waals surface area (Å²) in [4.78, 5) is 2.04. The normalized spacial score (nSPS) is 15.1. The van der Waals surface area contributed by atoms with Gasteiger partial charge in [0.05, 0.1) is 0 Å². The largest absolute Gasteiger partial charge is 0.299 e. The Balaban J connectivity index is 1.51. The van der Waals surface area contributed by atoms with Gasteiger partial charge in [-0.25, -0.2) is 17.5 Å². The summed E-state index contributed by atoms with van der Waals surface area (Å²) in [6.07, 6.45) is 1.71. The van der Waals surface area contributed by atoms with E-state index < -0.39 is 15.8 Å². The third-order valence-corrected chi connectivity index (χ3v) is 6.01. The predicted molar refractivity (Wildman–Crippen MR) is 96.4 cm³/mol. The Kier molecular flexibility index (Phi) is 5.51. The van der Waals surface area contributed by atoms with Gasteiger partial charge in [0.1, 0.15) is 10.7 Å². The van der Waals surface area contributed by atoms with Crippen molar-refractivity contribution in [2.75, 3.05) is 19.6 Å². The van der Waals surface area contributed by atoms with Crippen molar-refractivity contribution < 1.29 is 12.8 Å². The molecular formula is C19H23FN2O2S. The van der Waals surface area contributed by atoms with Gasteiger partial charge in [0.25, 0.3) is 0 Å². The molecule has 134 valence electrons. The second-order valence-electron chi connectivity index (χ2n) is 6.48. The van der Waals surface area contributed by atoms with Crippen LogP contribution in [-0.4, -0.2) is 33.0 Å². The Morgan fingerprint density at radius 1 is 1.16 bits per heavy atom. The number of hydrogen-bond donors (Lipinski definition) is 1. The number of nitrogens with zero attached hydrogens (tertiary/aromatic N) is 1. The zero-order valence-corrected chi connectivity index (χ0v) is 15.2. The van der Waals surface area contributed by atoms with Crippen LogP contribution in [-0.2, 0) is 23.0 Å². The van der Waals surface area contributed by atoms with E-state index in [1.54, 1.807) is 13.0 Å². The standard InChI is InChI=1S/C19H23FN2O2S/c1-15-7-8-18(20)19(13-15)25(23,24)21-10-4-11-22-12-9-16-5-2-3-6-17(16)14-22/h2-3,5-8,13,21H,4,9-12,14H2,1H3. The lowest BCUT2D eigenvalue weighted by Crippen LogP contribution is -2.33. The number of nitrogens with one attached hydrogen (secondary N) is 1. The molecule has 0 aromatic heterocycles. The molecule has 0 aliphatic carbocycles. The quantitative estimate of drug-likeness (QED) is 0.804. The summed E-state index contributed by atoms with van der Waals surface area (Å²) in [5.74, 6) is -0.717. The van der Waals surface area contributed by atoms with Gasteiger partial charge >= 0.3 is 0 Å². The van der Waals surface area contributed by atoms with E-state index in [1.807, 2.05) is 6.07 Å². The Hall–Kier alpha value is -1.76. The lowest BCUT2D eigenvalue weighted by molar-refractivity contribution is 0.251. The van der Waals surface area contributed by atoms with Gasteiger partial charge in [0.2, 0.25) is 10.0 Å². The van der Waals surface area contributed by atoms with E-state index >= 15 is 0 Å². The number of halogens is 1. The Morgan fingerprint density at radius 2 is 1.92 bits per heavy atom. The van der Waals surface area contributed by atoms with Crippen LogP contribution in [0.4, 0.5) is 4.39 Å². The summed E-state index contributed by atoms with van der Waals surface area (Å²) in [5, 5.41) is 0. The van der Waals surface area contributed by atoms with Gasteiger partial charge in [-0.15, -0.1) is 0 Å².